The second-order valence-corrected chi connectivity index (χ2v) is 11.5. The van der Waals surface area contributed by atoms with Crippen molar-refractivity contribution in [1.29, 1.82) is 0 Å². The molecule has 0 saturated heterocycles. The van der Waals surface area contributed by atoms with Crippen LogP contribution in [-0.4, -0.2) is 0 Å². The molecule has 1 heteroatoms. The fourth-order valence-corrected chi connectivity index (χ4v) is 5.86. The minimum atomic E-state index is -0.558. The molecule has 3 aromatic rings. The fourth-order valence-electron chi connectivity index (χ4n) is 3.55. The molecule has 0 unspecified atom stereocenters. The zero-order chi connectivity index (χ0) is 19.7. The Bertz CT molecular complexity index is 841. The smallest absolute Gasteiger partial charge is 0.0129 e. The van der Waals surface area contributed by atoms with Gasteiger partial charge in [0.1, 0.15) is 0 Å². The Kier molecular flexibility index (Phi) is 5.59. The van der Waals surface area contributed by atoms with E-state index in [0.717, 1.165) is 0 Å². The maximum atomic E-state index is 2.48. The molecule has 0 aliphatic rings. The molecule has 0 spiro atoms. The van der Waals surface area contributed by atoms with Gasteiger partial charge >= 0.3 is 0 Å². The van der Waals surface area contributed by atoms with Crippen molar-refractivity contribution in [2.75, 3.05) is 0 Å². The molecule has 0 atom stereocenters. The summed E-state index contributed by atoms with van der Waals surface area (Å²) in [6.45, 7) is 13.9. The Hall–Kier alpha value is -1.91. The van der Waals surface area contributed by atoms with Gasteiger partial charge in [0.2, 0.25) is 0 Å². The zero-order valence-corrected chi connectivity index (χ0v) is 18.3. The van der Waals surface area contributed by atoms with Gasteiger partial charge in [-0.05, 0) is 51.9 Å². The van der Waals surface area contributed by atoms with E-state index in [2.05, 4.69) is 120 Å². The van der Waals surface area contributed by atoms with Gasteiger partial charge in [-0.15, -0.1) is 0 Å². The lowest BCUT2D eigenvalue weighted by Gasteiger charge is -2.32. The molecular formula is C26H31P. The van der Waals surface area contributed by atoms with Crippen LogP contribution in [0.4, 0.5) is 0 Å². The molecular weight excluding hydrogens is 343 g/mol. The first kappa shape index (κ1) is 19.8. The molecule has 3 rings (SSSR count). The van der Waals surface area contributed by atoms with Crippen molar-refractivity contribution < 1.29 is 0 Å². The van der Waals surface area contributed by atoms with Crippen LogP contribution in [-0.2, 0) is 10.8 Å². The lowest BCUT2D eigenvalue weighted by atomic mass is 9.75. The van der Waals surface area contributed by atoms with Gasteiger partial charge in [0.25, 0.3) is 0 Å². The van der Waals surface area contributed by atoms with Crippen LogP contribution < -0.4 is 15.9 Å². The minimum Gasteiger partial charge on any atom is -0.0622 e. The summed E-state index contributed by atoms with van der Waals surface area (Å²) in [5.74, 6) is 0. The Morgan fingerprint density at radius 1 is 0.481 bits per heavy atom. The predicted octanol–water partition coefficient (Wildman–Crippen LogP) is 6.04. The molecule has 0 fully saturated rings. The molecule has 0 amide bonds. The number of rotatable bonds is 3. The summed E-state index contributed by atoms with van der Waals surface area (Å²) in [5, 5.41) is 4.24. The highest BCUT2D eigenvalue weighted by Gasteiger charge is 2.27. The van der Waals surface area contributed by atoms with E-state index < -0.39 is 7.92 Å². The van der Waals surface area contributed by atoms with Crippen molar-refractivity contribution in [2.24, 2.45) is 0 Å². The molecule has 27 heavy (non-hydrogen) atoms. The van der Waals surface area contributed by atoms with E-state index in [1.165, 1.54) is 27.0 Å². The van der Waals surface area contributed by atoms with Crippen molar-refractivity contribution in [3.8, 4) is 0 Å². The lowest BCUT2D eigenvalue weighted by Crippen LogP contribution is -2.26. The first-order chi connectivity index (χ1) is 12.7. The average Bonchev–Trinajstić information content (AvgIpc) is 2.62. The average molecular weight is 375 g/mol. The number of hydrogen-bond acceptors (Lipinski definition) is 0. The van der Waals surface area contributed by atoms with E-state index in [4.69, 9.17) is 0 Å². The quantitative estimate of drug-likeness (QED) is 0.490. The third kappa shape index (κ3) is 4.50. The normalized spacial score (nSPS) is 12.4. The summed E-state index contributed by atoms with van der Waals surface area (Å²) in [4.78, 5) is 0. The van der Waals surface area contributed by atoms with Crippen LogP contribution in [0.5, 0.6) is 0 Å². The second-order valence-electron chi connectivity index (χ2n) is 9.24. The Morgan fingerprint density at radius 2 is 0.926 bits per heavy atom. The maximum Gasteiger partial charge on any atom is -0.0129 e. The number of benzene rings is 3. The van der Waals surface area contributed by atoms with Crippen LogP contribution in [0.25, 0.3) is 0 Å². The van der Waals surface area contributed by atoms with E-state index in [9.17, 15) is 0 Å². The van der Waals surface area contributed by atoms with E-state index in [1.807, 2.05) is 0 Å². The summed E-state index contributed by atoms with van der Waals surface area (Å²) >= 11 is 0. The summed E-state index contributed by atoms with van der Waals surface area (Å²) in [6.07, 6.45) is 0. The molecule has 0 aromatic heterocycles. The van der Waals surface area contributed by atoms with Crippen LogP contribution in [0, 0.1) is 0 Å². The first-order valence-corrected chi connectivity index (χ1v) is 11.1. The maximum absolute atomic E-state index is 2.48. The van der Waals surface area contributed by atoms with E-state index in [-0.39, 0.29) is 10.8 Å². The summed E-state index contributed by atoms with van der Waals surface area (Å²) in [5.41, 5.74) is 3.18. The Morgan fingerprint density at radius 3 is 1.33 bits per heavy atom. The standard InChI is InChI=1S/C26H31P/c1-25(2,3)23-18-17-22(19-24(23)26(4,5)6)27(20-13-9-7-10-14-20)21-15-11-8-12-16-21/h7-19H,1-6H3. The Labute approximate surface area is 166 Å². The highest BCUT2D eigenvalue weighted by Crippen LogP contribution is 2.38. The van der Waals surface area contributed by atoms with E-state index >= 15 is 0 Å². The largest absolute Gasteiger partial charge is 0.0622 e. The highest BCUT2D eigenvalue weighted by molar-refractivity contribution is 7.79. The van der Waals surface area contributed by atoms with Crippen LogP contribution >= 0.6 is 7.92 Å². The van der Waals surface area contributed by atoms with Gasteiger partial charge in [-0.3, -0.25) is 0 Å². The molecule has 0 heterocycles. The summed E-state index contributed by atoms with van der Waals surface area (Å²) < 4.78 is 0. The SMILES string of the molecule is CC(C)(C)c1ccc(P(c2ccccc2)c2ccccc2)cc1C(C)(C)C. The van der Waals surface area contributed by atoms with Gasteiger partial charge in [-0.2, -0.15) is 0 Å². The van der Waals surface area contributed by atoms with Crippen LogP contribution in [0.15, 0.2) is 78.9 Å². The predicted molar refractivity (Wildman–Crippen MR) is 123 cm³/mol. The number of hydrogen-bond donors (Lipinski definition) is 0. The molecule has 0 radical (unpaired) electrons. The molecule has 0 bridgehead atoms. The minimum absolute atomic E-state index is 0.118. The van der Waals surface area contributed by atoms with Gasteiger partial charge in [0, 0.05) is 0 Å². The van der Waals surface area contributed by atoms with Gasteiger partial charge in [0.15, 0.2) is 0 Å². The second kappa shape index (κ2) is 7.61. The van der Waals surface area contributed by atoms with Crippen molar-refractivity contribution in [1.82, 2.24) is 0 Å². The van der Waals surface area contributed by atoms with Crippen molar-refractivity contribution in [2.45, 2.75) is 52.4 Å². The van der Waals surface area contributed by atoms with Crippen LogP contribution in [0.1, 0.15) is 52.7 Å². The third-order valence-electron chi connectivity index (χ3n) is 4.91. The molecule has 0 aliphatic heterocycles. The molecule has 3 aromatic carbocycles. The summed E-state index contributed by atoms with van der Waals surface area (Å²) in [6, 6.07) is 29.1. The van der Waals surface area contributed by atoms with Gasteiger partial charge in [-0.1, -0.05) is 114 Å². The van der Waals surface area contributed by atoms with Crippen LogP contribution in [0.3, 0.4) is 0 Å². The first-order valence-electron chi connectivity index (χ1n) is 9.73. The lowest BCUT2D eigenvalue weighted by molar-refractivity contribution is 0.531. The van der Waals surface area contributed by atoms with Gasteiger partial charge in [-0.25, -0.2) is 0 Å². The topological polar surface area (TPSA) is 0 Å². The van der Waals surface area contributed by atoms with Gasteiger partial charge in [0.05, 0.1) is 0 Å². The van der Waals surface area contributed by atoms with Gasteiger partial charge < -0.3 is 0 Å². The monoisotopic (exact) mass is 374 g/mol. The highest BCUT2D eigenvalue weighted by atomic mass is 31.1. The van der Waals surface area contributed by atoms with Crippen molar-refractivity contribution in [3.63, 3.8) is 0 Å². The fraction of sp³-hybridized carbons (Fsp3) is 0.308. The Balaban J connectivity index is 2.22. The molecule has 140 valence electrons. The summed E-state index contributed by atoms with van der Waals surface area (Å²) in [7, 11) is -0.558. The van der Waals surface area contributed by atoms with Crippen molar-refractivity contribution >= 4 is 23.8 Å². The molecule has 0 saturated carbocycles. The van der Waals surface area contributed by atoms with Crippen molar-refractivity contribution in [3.05, 3.63) is 90.0 Å². The molecule has 0 nitrogen and oxygen atoms in total. The molecule has 0 N–H and O–H groups in total. The van der Waals surface area contributed by atoms with E-state index in [1.54, 1.807) is 0 Å². The van der Waals surface area contributed by atoms with Crippen LogP contribution in [0.2, 0.25) is 0 Å². The van der Waals surface area contributed by atoms with E-state index in [0.29, 0.717) is 0 Å². The third-order valence-corrected chi connectivity index (χ3v) is 7.33. The zero-order valence-electron chi connectivity index (χ0n) is 17.5. The molecule has 0 aliphatic carbocycles.